The predicted molar refractivity (Wildman–Crippen MR) is 64.0 cm³/mol. The van der Waals surface area contributed by atoms with Gasteiger partial charge in [0.25, 0.3) is 0 Å². The van der Waals surface area contributed by atoms with Crippen LogP contribution in [0.2, 0.25) is 0 Å². The van der Waals surface area contributed by atoms with Crippen molar-refractivity contribution in [2.45, 2.75) is 52.6 Å². The molecule has 3 heteroatoms. The number of rotatable bonds is 7. The number of nitrogens with one attached hydrogen (secondary N) is 1. The first-order valence-electron chi connectivity index (χ1n) is 6.01. The molecule has 0 fully saturated rings. The maximum Gasteiger partial charge on any atom is 0.110 e. The summed E-state index contributed by atoms with van der Waals surface area (Å²) in [7, 11) is 0. The Morgan fingerprint density at radius 1 is 1.40 bits per heavy atom. The normalized spacial score (nSPS) is 13.0. The van der Waals surface area contributed by atoms with Gasteiger partial charge < -0.3 is 9.88 Å². The van der Waals surface area contributed by atoms with Crippen molar-refractivity contribution in [1.82, 2.24) is 14.9 Å². The van der Waals surface area contributed by atoms with Crippen LogP contribution in [-0.2, 0) is 13.0 Å². The first-order valence-corrected chi connectivity index (χ1v) is 6.01. The summed E-state index contributed by atoms with van der Waals surface area (Å²) in [5.74, 6) is 1.20. The molecule has 0 saturated carbocycles. The Kier molecular flexibility index (Phi) is 5.40. The van der Waals surface area contributed by atoms with Crippen LogP contribution in [0.5, 0.6) is 0 Å². The highest BCUT2D eigenvalue weighted by atomic mass is 15.1. The predicted octanol–water partition coefficient (Wildman–Crippen LogP) is 2.22. The van der Waals surface area contributed by atoms with Gasteiger partial charge >= 0.3 is 0 Å². The molecule has 0 aliphatic carbocycles. The van der Waals surface area contributed by atoms with Gasteiger partial charge in [0.15, 0.2) is 0 Å². The van der Waals surface area contributed by atoms with Gasteiger partial charge in [-0.25, -0.2) is 4.98 Å². The lowest BCUT2D eigenvalue weighted by Gasteiger charge is -2.13. The molecule has 0 radical (unpaired) electrons. The Morgan fingerprint density at radius 3 is 2.87 bits per heavy atom. The molecule has 1 aromatic heterocycles. The second-order valence-electron chi connectivity index (χ2n) is 4.10. The Hall–Kier alpha value is -0.830. The van der Waals surface area contributed by atoms with E-state index in [-0.39, 0.29) is 0 Å². The van der Waals surface area contributed by atoms with Crippen molar-refractivity contribution in [2.24, 2.45) is 0 Å². The van der Waals surface area contributed by atoms with E-state index >= 15 is 0 Å². The topological polar surface area (TPSA) is 29.9 Å². The Morgan fingerprint density at radius 2 is 2.20 bits per heavy atom. The van der Waals surface area contributed by atoms with E-state index in [0.717, 1.165) is 19.5 Å². The summed E-state index contributed by atoms with van der Waals surface area (Å²) in [6.45, 7) is 8.78. The van der Waals surface area contributed by atoms with Crippen molar-refractivity contribution in [2.75, 3.05) is 6.54 Å². The van der Waals surface area contributed by atoms with Crippen LogP contribution < -0.4 is 5.32 Å². The van der Waals surface area contributed by atoms with E-state index in [1.54, 1.807) is 0 Å². The third-order valence-corrected chi connectivity index (χ3v) is 2.50. The summed E-state index contributed by atoms with van der Waals surface area (Å²) < 4.78 is 2.25. The lowest BCUT2D eigenvalue weighted by Crippen LogP contribution is -2.29. The van der Waals surface area contributed by atoms with Crippen LogP contribution >= 0.6 is 0 Å². The number of aryl methyl sites for hydroxylation is 1. The zero-order chi connectivity index (χ0) is 11.1. The monoisotopic (exact) mass is 209 g/mol. The molecule has 1 aromatic rings. The maximum absolute atomic E-state index is 4.41. The van der Waals surface area contributed by atoms with Gasteiger partial charge in [-0.2, -0.15) is 0 Å². The van der Waals surface area contributed by atoms with Gasteiger partial charge in [-0.05, 0) is 26.3 Å². The molecule has 1 rings (SSSR count). The van der Waals surface area contributed by atoms with Crippen molar-refractivity contribution in [3.05, 3.63) is 18.2 Å². The smallest absolute Gasteiger partial charge is 0.110 e. The number of imidazole rings is 1. The van der Waals surface area contributed by atoms with Crippen LogP contribution in [-0.4, -0.2) is 22.1 Å². The zero-order valence-corrected chi connectivity index (χ0v) is 10.2. The van der Waals surface area contributed by atoms with Gasteiger partial charge in [-0.15, -0.1) is 0 Å². The molecule has 0 amide bonds. The zero-order valence-electron chi connectivity index (χ0n) is 10.2. The first-order chi connectivity index (χ1) is 7.27. The van der Waals surface area contributed by atoms with E-state index < -0.39 is 0 Å². The summed E-state index contributed by atoms with van der Waals surface area (Å²) in [6, 6.07) is 0.517. The Bertz CT molecular complexity index is 268. The summed E-state index contributed by atoms with van der Waals surface area (Å²) in [5.41, 5.74) is 0. The average molecular weight is 209 g/mol. The molecular formula is C12H23N3. The summed E-state index contributed by atoms with van der Waals surface area (Å²) in [6.07, 6.45) is 7.35. The van der Waals surface area contributed by atoms with E-state index in [2.05, 4.69) is 41.8 Å². The third-order valence-electron chi connectivity index (χ3n) is 2.50. The molecule has 0 spiro atoms. The summed E-state index contributed by atoms with van der Waals surface area (Å²) >= 11 is 0. The third kappa shape index (κ3) is 4.04. The molecule has 3 nitrogen and oxygen atoms in total. The lowest BCUT2D eigenvalue weighted by atomic mass is 10.2. The van der Waals surface area contributed by atoms with E-state index in [1.807, 2.05) is 6.20 Å². The molecule has 1 N–H and O–H groups in total. The van der Waals surface area contributed by atoms with Crippen molar-refractivity contribution in [1.29, 1.82) is 0 Å². The minimum Gasteiger partial charge on any atom is -0.335 e. The molecule has 1 atom stereocenters. The minimum absolute atomic E-state index is 0.517. The van der Waals surface area contributed by atoms with Crippen molar-refractivity contribution in [3.8, 4) is 0 Å². The molecule has 86 valence electrons. The first kappa shape index (κ1) is 12.2. The van der Waals surface area contributed by atoms with Crippen LogP contribution in [0.25, 0.3) is 0 Å². The fourth-order valence-corrected chi connectivity index (χ4v) is 1.71. The maximum atomic E-state index is 4.41. The quantitative estimate of drug-likeness (QED) is 0.746. The number of nitrogens with zero attached hydrogens (tertiary/aromatic N) is 2. The lowest BCUT2D eigenvalue weighted by molar-refractivity contribution is 0.514. The van der Waals surface area contributed by atoms with Crippen LogP contribution in [0.4, 0.5) is 0 Å². The second kappa shape index (κ2) is 6.62. The van der Waals surface area contributed by atoms with Crippen LogP contribution in [0.1, 0.15) is 39.4 Å². The largest absolute Gasteiger partial charge is 0.335 e. The fraction of sp³-hybridized carbons (Fsp3) is 0.750. The SMILES string of the molecule is CCCNC(C)Cc1nccn1CCC. The molecule has 0 saturated heterocycles. The van der Waals surface area contributed by atoms with Gasteiger partial charge in [0.1, 0.15) is 5.82 Å². The number of hydrogen-bond acceptors (Lipinski definition) is 2. The molecule has 0 aromatic carbocycles. The van der Waals surface area contributed by atoms with Gasteiger partial charge in [0.2, 0.25) is 0 Å². The van der Waals surface area contributed by atoms with E-state index in [4.69, 9.17) is 0 Å². The number of hydrogen-bond donors (Lipinski definition) is 1. The van der Waals surface area contributed by atoms with E-state index in [0.29, 0.717) is 6.04 Å². The van der Waals surface area contributed by atoms with Gasteiger partial charge in [-0.1, -0.05) is 13.8 Å². The Balaban J connectivity index is 2.44. The highest BCUT2D eigenvalue weighted by Crippen LogP contribution is 2.03. The summed E-state index contributed by atoms with van der Waals surface area (Å²) in [5, 5.41) is 3.49. The van der Waals surface area contributed by atoms with Crippen molar-refractivity contribution < 1.29 is 0 Å². The fourth-order valence-electron chi connectivity index (χ4n) is 1.71. The number of aromatic nitrogens is 2. The van der Waals surface area contributed by atoms with Gasteiger partial charge in [0, 0.05) is 31.4 Å². The highest BCUT2D eigenvalue weighted by Gasteiger charge is 2.07. The van der Waals surface area contributed by atoms with E-state index in [1.165, 1.54) is 18.7 Å². The molecule has 15 heavy (non-hydrogen) atoms. The van der Waals surface area contributed by atoms with Crippen LogP contribution in [0.3, 0.4) is 0 Å². The van der Waals surface area contributed by atoms with Crippen LogP contribution in [0.15, 0.2) is 12.4 Å². The Labute approximate surface area is 92.9 Å². The minimum atomic E-state index is 0.517. The summed E-state index contributed by atoms with van der Waals surface area (Å²) in [4.78, 5) is 4.41. The van der Waals surface area contributed by atoms with Crippen LogP contribution in [0, 0.1) is 0 Å². The second-order valence-corrected chi connectivity index (χ2v) is 4.10. The van der Waals surface area contributed by atoms with Crippen molar-refractivity contribution >= 4 is 0 Å². The molecule has 0 aliphatic rings. The average Bonchev–Trinajstić information content (AvgIpc) is 2.63. The molecular weight excluding hydrogens is 186 g/mol. The van der Waals surface area contributed by atoms with E-state index in [9.17, 15) is 0 Å². The molecule has 0 aliphatic heterocycles. The van der Waals surface area contributed by atoms with Gasteiger partial charge in [0.05, 0.1) is 0 Å². The van der Waals surface area contributed by atoms with Crippen molar-refractivity contribution in [3.63, 3.8) is 0 Å². The highest BCUT2D eigenvalue weighted by molar-refractivity contribution is 4.94. The van der Waals surface area contributed by atoms with Gasteiger partial charge in [-0.3, -0.25) is 0 Å². The molecule has 1 heterocycles. The standard InChI is InChI=1S/C12H23N3/c1-4-6-13-11(3)10-12-14-7-9-15(12)8-5-2/h7,9,11,13H,4-6,8,10H2,1-3H3. The molecule has 0 bridgehead atoms. The molecule has 1 unspecified atom stereocenters.